The lowest BCUT2D eigenvalue weighted by atomic mass is 9.95. The lowest BCUT2D eigenvalue weighted by Crippen LogP contribution is -2.44. The Balaban J connectivity index is 1.37. The Bertz CT molecular complexity index is 906. The Morgan fingerprint density at radius 2 is 1.68 bits per heavy atom. The summed E-state index contributed by atoms with van der Waals surface area (Å²) < 4.78 is 7.22. The normalized spacial score (nSPS) is 18.5. The number of likely N-dealkylation sites (tertiary alicyclic amines) is 1. The molecule has 0 N–H and O–H groups in total. The number of nitrogens with zero attached hydrogens (tertiary/aromatic N) is 6. The molecule has 0 bridgehead atoms. The van der Waals surface area contributed by atoms with Crippen molar-refractivity contribution in [1.29, 1.82) is 0 Å². The van der Waals surface area contributed by atoms with E-state index in [2.05, 4.69) is 20.0 Å². The Kier molecular flexibility index (Phi) is 6.67. The van der Waals surface area contributed by atoms with Gasteiger partial charge >= 0.3 is 0 Å². The zero-order valence-electron chi connectivity index (χ0n) is 19.2. The van der Waals surface area contributed by atoms with E-state index in [9.17, 15) is 4.79 Å². The minimum Gasteiger partial charge on any atom is -0.379 e. The van der Waals surface area contributed by atoms with E-state index in [4.69, 9.17) is 4.74 Å². The van der Waals surface area contributed by atoms with Gasteiger partial charge in [-0.1, -0.05) is 0 Å². The number of amides is 1. The molecule has 2 aromatic heterocycles. The van der Waals surface area contributed by atoms with Gasteiger partial charge in [-0.05, 0) is 52.5 Å². The molecule has 4 rings (SSSR count). The van der Waals surface area contributed by atoms with E-state index in [-0.39, 0.29) is 5.91 Å². The first-order chi connectivity index (χ1) is 14.9. The van der Waals surface area contributed by atoms with E-state index in [1.165, 1.54) is 0 Å². The van der Waals surface area contributed by atoms with Crippen molar-refractivity contribution in [3.05, 3.63) is 34.4 Å². The van der Waals surface area contributed by atoms with Gasteiger partial charge in [-0.2, -0.15) is 5.10 Å². The van der Waals surface area contributed by atoms with Crippen LogP contribution in [0.5, 0.6) is 0 Å². The highest BCUT2D eigenvalue weighted by Crippen LogP contribution is 2.22. The molecule has 2 aliphatic rings. The molecule has 0 unspecified atom stereocenters. The molecule has 0 spiro atoms. The van der Waals surface area contributed by atoms with Gasteiger partial charge in [0.1, 0.15) is 0 Å². The molecule has 8 heteroatoms. The molecule has 168 valence electrons. The number of hydrogen-bond donors (Lipinski definition) is 0. The summed E-state index contributed by atoms with van der Waals surface area (Å²) in [5, 5.41) is 4.64. The second-order valence-corrected chi connectivity index (χ2v) is 8.93. The molecule has 2 aliphatic heterocycles. The average Bonchev–Trinajstić information content (AvgIpc) is 3.02. The minimum absolute atomic E-state index is 0.192. The third-order valence-corrected chi connectivity index (χ3v) is 6.52. The summed E-state index contributed by atoms with van der Waals surface area (Å²) in [7, 11) is 0. The fraction of sp³-hybridized carbons (Fsp3) is 0.652. The van der Waals surface area contributed by atoms with Crippen molar-refractivity contribution >= 4 is 5.91 Å². The van der Waals surface area contributed by atoms with Crippen LogP contribution in [0.15, 0.2) is 6.07 Å². The molecule has 31 heavy (non-hydrogen) atoms. The summed E-state index contributed by atoms with van der Waals surface area (Å²) >= 11 is 0. The van der Waals surface area contributed by atoms with Crippen LogP contribution in [0.25, 0.3) is 5.95 Å². The van der Waals surface area contributed by atoms with E-state index in [1.807, 2.05) is 38.7 Å². The van der Waals surface area contributed by atoms with Crippen molar-refractivity contribution in [2.45, 2.75) is 47.0 Å². The number of carbonyl (C=O) groups excluding carboxylic acids is 1. The Hall–Kier alpha value is -2.32. The number of piperidine rings is 1. The molecule has 1 amide bonds. The minimum atomic E-state index is 0.192. The van der Waals surface area contributed by atoms with Crippen molar-refractivity contribution in [3.8, 4) is 5.95 Å². The molecule has 2 saturated heterocycles. The molecule has 4 heterocycles. The van der Waals surface area contributed by atoms with Crippen LogP contribution in [0.4, 0.5) is 0 Å². The summed E-state index contributed by atoms with van der Waals surface area (Å²) in [5.74, 6) is 1.44. The molecule has 0 aliphatic carbocycles. The lowest BCUT2D eigenvalue weighted by Gasteiger charge is -2.36. The Morgan fingerprint density at radius 3 is 2.32 bits per heavy atom. The maximum absolute atomic E-state index is 13.1. The van der Waals surface area contributed by atoms with E-state index < -0.39 is 0 Å². The highest BCUT2D eigenvalue weighted by atomic mass is 16.5. The quantitative estimate of drug-likeness (QED) is 0.728. The van der Waals surface area contributed by atoms with E-state index in [0.29, 0.717) is 18.3 Å². The lowest BCUT2D eigenvalue weighted by molar-refractivity contribution is -0.132. The maximum Gasteiger partial charge on any atom is 0.251 e. The van der Waals surface area contributed by atoms with Gasteiger partial charge in [-0.25, -0.2) is 14.6 Å². The second-order valence-electron chi connectivity index (χ2n) is 8.93. The van der Waals surface area contributed by atoms with Crippen molar-refractivity contribution in [2.24, 2.45) is 5.92 Å². The third kappa shape index (κ3) is 5.13. The molecule has 0 aromatic carbocycles. The van der Waals surface area contributed by atoms with Gasteiger partial charge in [-0.3, -0.25) is 9.69 Å². The fourth-order valence-electron chi connectivity index (χ4n) is 4.70. The van der Waals surface area contributed by atoms with Gasteiger partial charge in [0.15, 0.2) is 0 Å². The van der Waals surface area contributed by atoms with Crippen LogP contribution in [0.1, 0.15) is 41.2 Å². The zero-order valence-corrected chi connectivity index (χ0v) is 19.2. The molecular weight excluding hydrogens is 392 g/mol. The van der Waals surface area contributed by atoms with Crippen LogP contribution in [0, 0.1) is 33.6 Å². The summed E-state index contributed by atoms with van der Waals surface area (Å²) in [6.07, 6.45) is 2.55. The van der Waals surface area contributed by atoms with Crippen LogP contribution >= 0.6 is 0 Å². The average molecular weight is 427 g/mol. The van der Waals surface area contributed by atoms with Crippen LogP contribution in [0.3, 0.4) is 0 Å². The molecule has 2 aromatic rings. The van der Waals surface area contributed by atoms with Crippen LogP contribution in [-0.4, -0.2) is 81.4 Å². The van der Waals surface area contributed by atoms with Gasteiger partial charge in [0.25, 0.3) is 5.95 Å². The number of rotatable bonds is 5. The van der Waals surface area contributed by atoms with Crippen molar-refractivity contribution in [2.75, 3.05) is 45.9 Å². The van der Waals surface area contributed by atoms with Crippen LogP contribution in [-0.2, 0) is 16.0 Å². The molecule has 0 saturated carbocycles. The highest BCUT2D eigenvalue weighted by Gasteiger charge is 2.26. The summed E-state index contributed by atoms with van der Waals surface area (Å²) in [6, 6.07) is 1.95. The number of hydrogen-bond acceptors (Lipinski definition) is 6. The van der Waals surface area contributed by atoms with E-state index >= 15 is 0 Å². The monoisotopic (exact) mass is 426 g/mol. The van der Waals surface area contributed by atoms with Gasteiger partial charge in [0.05, 0.1) is 25.3 Å². The topological polar surface area (TPSA) is 76.4 Å². The molecular formula is C23H34N6O2. The van der Waals surface area contributed by atoms with E-state index in [0.717, 1.165) is 87.1 Å². The van der Waals surface area contributed by atoms with Crippen molar-refractivity contribution in [3.63, 3.8) is 0 Å². The van der Waals surface area contributed by atoms with Crippen LogP contribution in [0.2, 0.25) is 0 Å². The first kappa shape index (κ1) is 21.9. The molecule has 0 atom stereocenters. The summed E-state index contributed by atoms with van der Waals surface area (Å²) in [4.78, 5) is 26.6. The fourth-order valence-corrected chi connectivity index (χ4v) is 4.70. The number of ether oxygens (including phenoxy) is 1. The Morgan fingerprint density at radius 1 is 1.03 bits per heavy atom. The Labute approximate surface area is 184 Å². The zero-order chi connectivity index (χ0) is 22.0. The van der Waals surface area contributed by atoms with Gasteiger partial charge < -0.3 is 9.64 Å². The summed E-state index contributed by atoms with van der Waals surface area (Å²) in [6.45, 7) is 14.5. The highest BCUT2D eigenvalue weighted by molar-refractivity contribution is 5.79. The standard InChI is InChI=1S/C23H34N6O2/c1-16-13-17(2)25-23(24-16)29-19(4)21(18(3)26-29)14-22(30)28-7-5-20(6-8-28)15-27-9-11-31-12-10-27/h13,20H,5-12,14-15H2,1-4H3. The number of aryl methyl sites for hydroxylation is 3. The summed E-state index contributed by atoms with van der Waals surface area (Å²) in [5.41, 5.74) is 4.62. The van der Waals surface area contributed by atoms with E-state index in [1.54, 1.807) is 4.68 Å². The predicted molar refractivity (Wildman–Crippen MR) is 118 cm³/mol. The first-order valence-electron chi connectivity index (χ1n) is 11.4. The van der Waals surface area contributed by atoms with Gasteiger partial charge in [0.2, 0.25) is 5.91 Å². The van der Waals surface area contributed by atoms with Crippen LogP contribution < -0.4 is 0 Å². The van der Waals surface area contributed by atoms with Crippen molar-refractivity contribution < 1.29 is 9.53 Å². The van der Waals surface area contributed by atoms with Crippen molar-refractivity contribution in [1.82, 2.24) is 29.5 Å². The largest absolute Gasteiger partial charge is 0.379 e. The first-order valence-corrected chi connectivity index (χ1v) is 11.4. The molecule has 8 nitrogen and oxygen atoms in total. The number of morpholine rings is 1. The number of carbonyl (C=O) groups is 1. The molecule has 0 radical (unpaired) electrons. The van der Waals surface area contributed by atoms with Gasteiger partial charge in [0, 0.05) is 55.4 Å². The second kappa shape index (κ2) is 9.44. The number of aromatic nitrogens is 4. The van der Waals surface area contributed by atoms with Gasteiger partial charge in [-0.15, -0.1) is 0 Å². The smallest absolute Gasteiger partial charge is 0.251 e. The predicted octanol–water partition coefficient (Wildman–Crippen LogP) is 2.01. The third-order valence-electron chi connectivity index (χ3n) is 6.52. The maximum atomic E-state index is 13.1. The molecule has 2 fully saturated rings. The SMILES string of the molecule is Cc1cc(C)nc(-n2nc(C)c(CC(=O)N3CCC(CN4CCOCC4)CC3)c2C)n1.